The highest BCUT2D eigenvalue weighted by Gasteiger charge is 2.13. The molecular formula is C20H21N5O3. The highest BCUT2D eigenvalue weighted by Crippen LogP contribution is 2.23. The average molecular weight is 379 g/mol. The average Bonchev–Trinajstić information content (AvgIpc) is 2.71. The number of nitrogens with zero attached hydrogens (tertiary/aromatic N) is 3. The van der Waals surface area contributed by atoms with E-state index >= 15 is 0 Å². The van der Waals surface area contributed by atoms with E-state index in [2.05, 4.69) is 20.7 Å². The number of anilines is 2. The lowest BCUT2D eigenvalue weighted by atomic mass is 10.2. The van der Waals surface area contributed by atoms with Crippen LogP contribution in [0.2, 0.25) is 0 Å². The number of hydrogen-bond donors (Lipinski definition) is 3. The lowest BCUT2D eigenvalue weighted by molar-refractivity contribution is -0.136. The van der Waals surface area contributed by atoms with Crippen molar-refractivity contribution in [1.82, 2.24) is 5.43 Å². The maximum absolute atomic E-state index is 11.8. The van der Waals surface area contributed by atoms with Crippen LogP contribution in [0.15, 0.2) is 47.6 Å². The van der Waals surface area contributed by atoms with Gasteiger partial charge in [0.05, 0.1) is 17.8 Å². The summed E-state index contributed by atoms with van der Waals surface area (Å²) in [5.74, 6) is -1.84. The molecule has 0 bridgehead atoms. The fourth-order valence-electron chi connectivity index (χ4n) is 2.45. The zero-order valence-corrected chi connectivity index (χ0v) is 15.6. The Hall–Kier alpha value is -3.86. The van der Waals surface area contributed by atoms with Crippen LogP contribution in [-0.2, 0) is 9.59 Å². The Morgan fingerprint density at radius 3 is 2.39 bits per heavy atom. The Balaban J connectivity index is 1.95. The molecule has 8 heteroatoms. The highest BCUT2D eigenvalue weighted by atomic mass is 16.3. The summed E-state index contributed by atoms with van der Waals surface area (Å²) in [4.78, 5) is 25.7. The summed E-state index contributed by atoms with van der Waals surface area (Å²) in [5, 5.41) is 25.0. The Morgan fingerprint density at radius 2 is 1.82 bits per heavy atom. The summed E-state index contributed by atoms with van der Waals surface area (Å²) < 4.78 is 0. The molecule has 28 heavy (non-hydrogen) atoms. The van der Waals surface area contributed by atoms with Crippen LogP contribution in [0.4, 0.5) is 11.4 Å². The first-order chi connectivity index (χ1) is 13.5. The van der Waals surface area contributed by atoms with Crippen LogP contribution in [0.25, 0.3) is 0 Å². The van der Waals surface area contributed by atoms with E-state index in [-0.39, 0.29) is 5.75 Å². The van der Waals surface area contributed by atoms with E-state index in [9.17, 15) is 14.7 Å². The molecule has 0 saturated heterocycles. The van der Waals surface area contributed by atoms with Gasteiger partial charge in [-0.1, -0.05) is 0 Å². The third-order valence-electron chi connectivity index (χ3n) is 3.99. The smallest absolute Gasteiger partial charge is 0.329 e. The van der Waals surface area contributed by atoms with E-state index < -0.39 is 11.8 Å². The molecule has 144 valence electrons. The van der Waals surface area contributed by atoms with Crippen LogP contribution in [0, 0.1) is 11.3 Å². The van der Waals surface area contributed by atoms with Gasteiger partial charge in [0, 0.05) is 36.1 Å². The van der Waals surface area contributed by atoms with Crippen molar-refractivity contribution in [1.29, 1.82) is 5.26 Å². The molecule has 0 atom stereocenters. The number of carbonyl (C=O) groups excluding carboxylic acids is 2. The standard InChI is InChI=1S/C20H21N5O3/c1-3-25(4-2)17-10-7-15(18(26)11-17)13-22-24-20(28)19(27)23-16-8-5-14(12-21)6-9-16/h5-11,13,26H,3-4H2,1-2H3,(H,23,27)(H,24,28)/b22-13+. The van der Waals surface area contributed by atoms with Crippen molar-refractivity contribution < 1.29 is 14.7 Å². The topological polar surface area (TPSA) is 118 Å². The van der Waals surface area contributed by atoms with Crippen LogP contribution < -0.4 is 15.6 Å². The molecule has 8 nitrogen and oxygen atoms in total. The quantitative estimate of drug-likeness (QED) is 0.404. The van der Waals surface area contributed by atoms with Gasteiger partial charge in [0.2, 0.25) is 0 Å². The zero-order chi connectivity index (χ0) is 20.5. The molecular weight excluding hydrogens is 358 g/mol. The Bertz CT molecular complexity index is 912. The first-order valence-electron chi connectivity index (χ1n) is 8.71. The summed E-state index contributed by atoms with van der Waals surface area (Å²) in [6.45, 7) is 5.67. The largest absolute Gasteiger partial charge is 0.507 e. The van der Waals surface area contributed by atoms with Crippen LogP contribution in [0.1, 0.15) is 25.0 Å². The maximum atomic E-state index is 11.8. The lowest BCUT2D eigenvalue weighted by Crippen LogP contribution is -2.32. The summed E-state index contributed by atoms with van der Waals surface area (Å²) in [5.41, 5.74) is 4.22. The van der Waals surface area contributed by atoms with Crippen LogP contribution >= 0.6 is 0 Å². The summed E-state index contributed by atoms with van der Waals surface area (Å²) in [6.07, 6.45) is 1.26. The first-order valence-corrected chi connectivity index (χ1v) is 8.71. The normalized spacial score (nSPS) is 10.3. The monoisotopic (exact) mass is 379 g/mol. The number of aromatic hydroxyl groups is 1. The second kappa shape index (κ2) is 9.73. The highest BCUT2D eigenvalue weighted by molar-refractivity contribution is 6.39. The van der Waals surface area contributed by atoms with Crippen LogP contribution in [0.3, 0.4) is 0 Å². The predicted octanol–water partition coefficient (Wildman–Crippen LogP) is 2.20. The lowest BCUT2D eigenvalue weighted by Gasteiger charge is -2.21. The summed E-state index contributed by atoms with van der Waals surface area (Å²) >= 11 is 0. The molecule has 2 rings (SSSR count). The molecule has 0 aromatic heterocycles. The molecule has 0 radical (unpaired) electrons. The van der Waals surface area contributed by atoms with E-state index in [1.54, 1.807) is 12.1 Å². The van der Waals surface area contributed by atoms with Crippen molar-refractivity contribution in [3.8, 4) is 11.8 Å². The van der Waals surface area contributed by atoms with E-state index in [1.807, 2.05) is 26.0 Å². The van der Waals surface area contributed by atoms with Crippen molar-refractivity contribution in [2.75, 3.05) is 23.3 Å². The number of rotatable bonds is 6. The number of nitriles is 1. The van der Waals surface area contributed by atoms with Gasteiger partial charge in [-0.15, -0.1) is 0 Å². The van der Waals surface area contributed by atoms with Gasteiger partial charge in [0.15, 0.2) is 0 Å². The van der Waals surface area contributed by atoms with E-state index in [0.717, 1.165) is 18.8 Å². The minimum atomic E-state index is -0.958. The van der Waals surface area contributed by atoms with Crippen molar-refractivity contribution in [2.24, 2.45) is 5.10 Å². The molecule has 2 aromatic rings. The van der Waals surface area contributed by atoms with E-state index in [0.29, 0.717) is 16.8 Å². The van der Waals surface area contributed by atoms with Gasteiger partial charge in [-0.2, -0.15) is 10.4 Å². The molecule has 0 unspecified atom stereocenters. The number of nitrogens with one attached hydrogen (secondary N) is 2. The second-order valence-electron chi connectivity index (χ2n) is 5.76. The van der Waals surface area contributed by atoms with Crippen molar-refractivity contribution in [3.63, 3.8) is 0 Å². The number of hydrogen-bond acceptors (Lipinski definition) is 6. The number of carbonyl (C=O) groups is 2. The SMILES string of the molecule is CCN(CC)c1ccc(/C=N/NC(=O)C(=O)Nc2ccc(C#N)cc2)c(O)c1. The second-order valence-corrected chi connectivity index (χ2v) is 5.76. The molecule has 2 aromatic carbocycles. The number of benzene rings is 2. The van der Waals surface area contributed by atoms with Gasteiger partial charge in [-0.25, -0.2) is 5.43 Å². The number of hydrazone groups is 1. The number of phenols is 1. The number of phenolic OH excluding ortho intramolecular Hbond substituents is 1. The summed E-state index contributed by atoms with van der Waals surface area (Å²) in [6, 6.07) is 13.2. The Labute approximate surface area is 163 Å². The number of amides is 2. The predicted molar refractivity (Wildman–Crippen MR) is 107 cm³/mol. The Morgan fingerprint density at radius 1 is 1.14 bits per heavy atom. The van der Waals surface area contributed by atoms with Crippen molar-refractivity contribution in [3.05, 3.63) is 53.6 Å². The van der Waals surface area contributed by atoms with Gasteiger partial charge in [-0.05, 0) is 50.2 Å². The van der Waals surface area contributed by atoms with Crippen LogP contribution in [0.5, 0.6) is 5.75 Å². The molecule has 0 aliphatic rings. The van der Waals surface area contributed by atoms with Gasteiger partial charge < -0.3 is 15.3 Å². The van der Waals surface area contributed by atoms with Crippen molar-refractivity contribution >= 4 is 29.4 Å². The molecule has 0 fully saturated rings. The van der Waals surface area contributed by atoms with E-state index in [4.69, 9.17) is 5.26 Å². The minimum Gasteiger partial charge on any atom is -0.507 e. The third-order valence-corrected chi connectivity index (χ3v) is 3.99. The first kappa shape index (κ1) is 20.5. The van der Waals surface area contributed by atoms with Gasteiger partial charge >= 0.3 is 11.8 Å². The van der Waals surface area contributed by atoms with Crippen LogP contribution in [-0.4, -0.2) is 36.2 Å². The zero-order valence-electron chi connectivity index (χ0n) is 15.6. The molecule has 0 spiro atoms. The van der Waals surface area contributed by atoms with Gasteiger partial charge in [-0.3, -0.25) is 9.59 Å². The van der Waals surface area contributed by atoms with Crippen molar-refractivity contribution in [2.45, 2.75) is 13.8 Å². The molecule has 0 aliphatic heterocycles. The molecule has 0 saturated carbocycles. The van der Waals surface area contributed by atoms with Gasteiger partial charge in [0.1, 0.15) is 5.75 Å². The third kappa shape index (κ3) is 5.32. The molecule has 0 heterocycles. The summed E-state index contributed by atoms with van der Waals surface area (Å²) in [7, 11) is 0. The fourth-order valence-corrected chi connectivity index (χ4v) is 2.45. The van der Waals surface area contributed by atoms with E-state index in [1.165, 1.54) is 30.5 Å². The Kier molecular flexibility index (Phi) is 7.11. The molecule has 2 amide bonds. The molecule has 3 N–H and O–H groups in total. The molecule has 0 aliphatic carbocycles. The fraction of sp³-hybridized carbons (Fsp3) is 0.200. The maximum Gasteiger partial charge on any atom is 0.329 e. The van der Waals surface area contributed by atoms with Gasteiger partial charge in [0.25, 0.3) is 0 Å². The minimum absolute atomic E-state index is 0.0180.